The Balaban J connectivity index is 3.60. The minimum absolute atomic E-state index is 0.0677. The molecule has 0 aliphatic carbocycles. The minimum atomic E-state index is -0.830. The monoisotopic (exact) mass is 538 g/mol. The molecule has 0 aromatic heterocycles. The molecule has 0 aromatic rings. The Bertz CT molecular complexity index is 508. The first-order valence-corrected chi connectivity index (χ1v) is 16.9. The molecule has 4 nitrogen and oxygen atoms in total. The van der Waals surface area contributed by atoms with Gasteiger partial charge in [-0.15, -0.1) is 0 Å². The summed E-state index contributed by atoms with van der Waals surface area (Å²) in [7, 11) is 0. The highest BCUT2D eigenvalue weighted by molar-refractivity contribution is 5.76. The zero-order chi connectivity index (χ0) is 27.9. The van der Waals surface area contributed by atoms with Gasteiger partial charge in [0.05, 0.1) is 18.8 Å². The van der Waals surface area contributed by atoms with Crippen LogP contribution in [-0.4, -0.2) is 34.9 Å². The fourth-order valence-electron chi connectivity index (χ4n) is 5.12. The first-order chi connectivity index (χ1) is 18.7. The van der Waals surface area contributed by atoms with Crippen LogP contribution in [0.15, 0.2) is 12.2 Å². The number of unbranched alkanes of at least 4 members (excludes halogenated alkanes) is 23. The molecule has 1 amide bonds. The smallest absolute Gasteiger partial charge is 0.220 e. The summed E-state index contributed by atoms with van der Waals surface area (Å²) in [6.07, 6.45) is 35.8. The first-order valence-electron chi connectivity index (χ1n) is 16.9. The number of aliphatic hydroxyl groups is 2. The lowest BCUT2D eigenvalue weighted by Crippen LogP contribution is -2.45. The van der Waals surface area contributed by atoms with Crippen molar-refractivity contribution < 1.29 is 15.0 Å². The van der Waals surface area contributed by atoms with E-state index in [0.717, 1.165) is 25.7 Å². The number of aliphatic hydroxyl groups excluding tert-OH is 2. The molecule has 0 heterocycles. The lowest BCUT2D eigenvalue weighted by molar-refractivity contribution is -0.123. The Labute approximate surface area is 237 Å². The van der Waals surface area contributed by atoms with Crippen LogP contribution < -0.4 is 5.32 Å². The number of hydrogen-bond donors (Lipinski definition) is 3. The van der Waals surface area contributed by atoms with Crippen LogP contribution in [0.3, 0.4) is 0 Å². The van der Waals surface area contributed by atoms with Gasteiger partial charge in [-0.2, -0.15) is 0 Å². The molecule has 0 spiro atoms. The van der Waals surface area contributed by atoms with Crippen LogP contribution in [0, 0.1) is 0 Å². The molecule has 0 radical (unpaired) electrons. The number of amides is 1. The van der Waals surface area contributed by atoms with E-state index in [2.05, 4.69) is 19.2 Å². The van der Waals surface area contributed by atoms with Crippen molar-refractivity contribution in [3.8, 4) is 0 Å². The van der Waals surface area contributed by atoms with Gasteiger partial charge in [-0.25, -0.2) is 0 Å². The van der Waals surface area contributed by atoms with Crippen LogP contribution in [0.4, 0.5) is 0 Å². The second-order valence-corrected chi connectivity index (χ2v) is 11.6. The molecule has 4 heteroatoms. The highest BCUT2D eigenvalue weighted by Crippen LogP contribution is 2.14. The molecule has 0 fully saturated rings. The Kier molecular flexibility index (Phi) is 30.0. The summed E-state index contributed by atoms with van der Waals surface area (Å²) >= 11 is 0. The van der Waals surface area contributed by atoms with Crippen molar-refractivity contribution in [2.24, 2.45) is 0 Å². The standard InChI is InChI=1S/C34H67NO3/c1-3-5-7-9-11-13-14-15-16-17-18-19-20-22-23-25-27-29-33(37)32(31-36)35-34(38)30-28-26-24-21-12-10-8-6-4-2/h27,29,32-33,36-37H,3-26,28,30-31H2,1-2H3,(H,35,38)/b29-27+. The lowest BCUT2D eigenvalue weighted by atomic mass is 10.0. The summed E-state index contributed by atoms with van der Waals surface area (Å²) in [6, 6.07) is -0.613. The molecule has 0 aliphatic heterocycles. The van der Waals surface area contributed by atoms with Crippen molar-refractivity contribution >= 4 is 5.91 Å². The maximum Gasteiger partial charge on any atom is 0.220 e. The van der Waals surface area contributed by atoms with Gasteiger partial charge < -0.3 is 15.5 Å². The number of carbonyl (C=O) groups is 1. The van der Waals surface area contributed by atoms with Crippen molar-refractivity contribution in [2.75, 3.05) is 6.61 Å². The Morgan fingerprint density at radius 2 is 0.974 bits per heavy atom. The maximum atomic E-state index is 12.2. The van der Waals surface area contributed by atoms with Crippen molar-refractivity contribution in [1.29, 1.82) is 0 Å². The van der Waals surface area contributed by atoms with E-state index in [0.29, 0.717) is 6.42 Å². The largest absolute Gasteiger partial charge is 0.394 e. The second-order valence-electron chi connectivity index (χ2n) is 11.6. The predicted molar refractivity (Wildman–Crippen MR) is 166 cm³/mol. The minimum Gasteiger partial charge on any atom is -0.394 e. The molecule has 0 saturated heterocycles. The van der Waals surface area contributed by atoms with Gasteiger partial charge >= 0.3 is 0 Å². The van der Waals surface area contributed by atoms with E-state index in [4.69, 9.17) is 0 Å². The molecule has 3 N–H and O–H groups in total. The van der Waals surface area contributed by atoms with E-state index in [1.165, 1.54) is 135 Å². The van der Waals surface area contributed by atoms with Crippen LogP contribution in [-0.2, 0) is 4.79 Å². The molecule has 0 rings (SSSR count). The van der Waals surface area contributed by atoms with E-state index < -0.39 is 12.1 Å². The topological polar surface area (TPSA) is 69.6 Å². The van der Waals surface area contributed by atoms with Crippen molar-refractivity contribution in [1.82, 2.24) is 5.32 Å². The van der Waals surface area contributed by atoms with E-state index >= 15 is 0 Å². The molecule has 0 saturated carbocycles. The summed E-state index contributed by atoms with van der Waals surface area (Å²) in [5.41, 5.74) is 0. The summed E-state index contributed by atoms with van der Waals surface area (Å²) < 4.78 is 0. The van der Waals surface area contributed by atoms with Gasteiger partial charge in [0, 0.05) is 6.42 Å². The Morgan fingerprint density at radius 3 is 1.37 bits per heavy atom. The SMILES string of the molecule is CCCCCCCCCCCCCCCCC/C=C/C(O)C(CO)NC(=O)CCCCCCCCCCC. The molecule has 226 valence electrons. The van der Waals surface area contributed by atoms with Gasteiger partial charge in [-0.1, -0.05) is 167 Å². The van der Waals surface area contributed by atoms with Gasteiger partial charge in [-0.3, -0.25) is 4.79 Å². The van der Waals surface area contributed by atoms with E-state index in [-0.39, 0.29) is 12.5 Å². The first kappa shape index (κ1) is 37.1. The average Bonchev–Trinajstić information content (AvgIpc) is 2.92. The second kappa shape index (κ2) is 30.7. The van der Waals surface area contributed by atoms with Crippen LogP contribution in [0.25, 0.3) is 0 Å². The highest BCUT2D eigenvalue weighted by Gasteiger charge is 2.17. The molecular formula is C34H67NO3. The molecule has 38 heavy (non-hydrogen) atoms. The van der Waals surface area contributed by atoms with Crippen LogP contribution in [0.1, 0.15) is 181 Å². The third kappa shape index (κ3) is 26.7. The van der Waals surface area contributed by atoms with Crippen LogP contribution in [0.2, 0.25) is 0 Å². The molecular weight excluding hydrogens is 470 g/mol. The third-order valence-corrected chi connectivity index (χ3v) is 7.77. The number of rotatable bonds is 30. The van der Waals surface area contributed by atoms with Crippen LogP contribution in [0.5, 0.6) is 0 Å². The van der Waals surface area contributed by atoms with Crippen molar-refractivity contribution in [2.45, 2.75) is 193 Å². The van der Waals surface area contributed by atoms with Gasteiger partial charge in [-0.05, 0) is 19.3 Å². The van der Waals surface area contributed by atoms with Crippen molar-refractivity contribution in [3.63, 3.8) is 0 Å². The quantitative estimate of drug-likeness (QED) is 0.0631. The van der Waals surface area contributed by atoms with Gasteiger partial charge in [0.15, 0.2) is 0 Å². The molecule has 0 bridgehead atoms. The molecule has 0 aromatic carbocycles. The zero-order valence-electron chi connectivity index (χ0n) is 25.7. The number of nitrogens with one attached hydrogen (secondary N) is 1. The molecule has 2 atom stereocenters. The summed E-state index contributed by atoms with van der Waals surface area (Å²) in [4.78, 5) is 12.2. The molecule has 0 aliphatic rings. The average molecular weight is 538 g/mol. The van der Waals surface area contributed by atoms with Crippen molar-refractivity contribution in [3.05, 3.63) is 12.2 Å². The normalized spacial score (nSPS) is 13.3. The fourth-order valence-corrected chi connectivity index (χ4v) is 5.12. The molecule has 2 unspecified atom stereocenters. The van der Waals surface area contributed by atoms with Gasteiger partial charge in [0.1, 0.15) is 0 Å². The van der Waals surface area contributed by atoms with E-state index in [9.17, 15) is 15.0 Å². The van der Waals surface area contributed by atoms with E-state index in [1.807, 2.05) is 6.08 Å². The predicted octanol–water partition coefficient (Wildman–Crippen LogP) is 9.56. The fraction of sp³-hybridized carbons (Fsp3) is 0.912. The maximum absolute atomic E-state index is 12.2. The van der Waals surface area contributed by atoms with Gasteiger partial charge in [0.2, 0.25) is 5.91 Å². The zero-order valence-corrected chi connectivity index (χ0v) is 25.7. The Hall–Kier alpha value is -0.870. The summed E-state index contributed by atoms with van der Waals surface area (Å²) in [5, 5.41) is 22.8. The lowest BCUT2D eigenvalue weighted by Gasteiger charge is -2.20. The highest BCUT2D eigenvalue weighted by atomic mass is 16.3. The summed E-state index contributed by atoms with van der Waals surface area (Å²) in [6.45, 7) is 4.28. The number of hydrogen-bond acceptors (Lipinski definition) is 3. The number of carbonyl (C=O) groups excluding carboxylic acids is 1. The van der Waals surface area contributed by atoms with E-state index in [1.54, 1.807) is 6.08 Å². The Morgan fingerprint density at radius 1 is 0.605 bits per heavy atom. The van der Waals surface area contributed by atoms with Crippen LogP contribution >= 0.6 is 0 Å². The summed E-state index contributed by atoms with van der Waals surface area (Å²) in [5.74, 6) is -0.0677. The number of allylic oxidation sites excluding steroid dienone is 1. The third-order valence-electron chi connectivity index (χ3n) is 7.77. The van der Waals surface area contributed by atoms with Gasteiger partial charge in [0.25, 0.3) is 0 Å².